The van der Waals surface area contributed by atoms with Crippen LogP contribution in [0.2, 0.25) is 0 Å². The van der Waals surface area contributed by atoms with Gasteiger partial charge in [0.2, 0.25) is 5.91 Å². The molecule has 2 heterocycles. The molecule has 0 spiro atoms. The van der Waals surface area contributed by atoms with Gasteiger partial charge in [-0.1, -0.05) is 0 Å². The van der Waals surface area contributed by atoms with Crippen molar-refractivity contribution in [3.05, 3.63) is 0 Å². The Morgan fingerprint density at radius 2 is 1.61 bits per heavy atom. The molecule has 10 nitrogen and oxygen atoms in total. The minimum Gasteiger partial charge on any atom is -0.355 e. The molecule has 0 aromatic rings. The summed E-state index contributed by atoms with van der Waals surface area (Å²) in [5, 5.41) is 5.96. The molecule has 0 saturated carbocycles. The van der Waals surface area contributed by atoms with Gasteiger partial charge in [0, 0.05) is 44.6 Å². The monoisotopic (exact) mass is 406 g/mol. The van der Waals surface area contributed by atoms with Crippen LogP contribution < -0.4 is 10.6 Å². The minimum absolute atomic E-state index is 0.00665. The van der Waals surface area contributed by atoms with E-state index in [1.54, 1.807) is 0 Å². The SMILES string of the molecule is CC1[13CH](C(=O)[15NH]CCCC[15NH]C(=O)ON2C(=O)CCC2=O)N([13CH3])[13CH2][13CH]([13CH3])[15N]1[13CH3]. The van der Waals surface area contributed by atoms with E-state index < -0.39 is 17.9 Å². The number of hydrogen-bond donors (Lipinski definition) is 2. The maximum atomic E-state index is 12.5. The summed E-state index contributed by atoms with van der Waals surface area (Å²) in [4.78, 5) is 55.9. The van der Waals surface area contributed by atoms with Crippen molar-refractivity contribution >= 4 is 23.8 Å². The van der Waals surface area contributed by atoms with Crippen LogP contribution in [0, 0.1) is 0 Å². The van der Waals surface area contributed by atoms with Crippen molar-refractivity contribution in [1.82, 2.24) is 25.5 Å². The molecule has 4 amide bonds. The summed E-state index contributed by atoms with van der Waals surface area (Å²) in [5.41, 5.74) is 0. The molecule has 2 saturated heterocycles. The molecule has 2 fully saturated rings. The second-order valence-electron chi connectivity index (χ2n) is 7.53. The number of carbonyl (C=O) groups excluding carboxylic acids is 4. The van der Waals surface area contributed by atoms with Gasteiger partial charge in [0.05, 0.1) is 0 Å². The summed E-state index contributed by atoms with van der Waals surface area (Å²) >= 11 is 0. The Morgan fingerprint density at radius 1 is 1.04 bits per heavy atom. The number of nitrogens with one attached hydrogen (secondary N) is 2. The third kappa shape index (κ3) is 5.41. The third-order valence-electron chi connectivity index (χ3n) is 5.44. The van der Waals surface area contributed by atoms with Crippen molar-refractivity contribution in [2.45, 2.75) is 57.7 Å². The van der Waals surface area contributed by atoms with E-state index in [1.165, 1.54) is 0 Å². The maximum Gasteiger partial charge on any atom is 0.432 e. The average Bonchev–Trinajstić information content (AvgIpc) is 2.94. The van der Waals surface area contributed by atoms with Crippen LogP contribution in [0.3, 0.4) is 0 Å². The lowest BCUT2D eigenvalue weighted by Gasteiger charge is -2.46. The highest BCUT2D eigenvalue weighted by molar-refractivity contribution is 6.01. The second kappa shape index (κ2) is 9.83. The molecule has 2 rings (SSSR count). The van der Waals surface area contributed by atoms with Crippen molar-refractivity contribution in [2.24, 2.45) is 0 Å². The Hall–Kier alpha value is -2.20. The lowest BCUT2D eigenvalue weighted by molar-refractivity contribution is -0.171. The molecule has 0 bridgehead atoms. The van der Waals surface area contributed by atoms with E-state index in [0.717, 1.165) is 6.54 Å². The Bertz CT molecular complexity index is 597. The fourth-order valence-electron chi connectivity index (χ4n) is 3.60. The van der Waals surface area contributed by atoms with Crippen molar-refractivity contribution in [3.63, 3.8) is 0 Å². The quantitative estimate of drug-likeness (QED) is 0.258. The van der Waals surface area contributed by atoms with Crippen molar-refractivity contribution in [2.75, 3.05) is 33.7 Å². The van der Waals surface area contributed by atoms with E-state index >= 15 is 0 Å². The summed E-state index contributed by atoms with van der Waals surface area (Å²) in [6.45, 7) is 5.88. The van der Waals surface area contributed by atoms with E-state index in [1.807, 2.05) is 14.1 Å². The van der Waals surface area contributed by atoms with Gasteiger partial charge in [-0.15, -0.1) is 5.06 Å². The smallest absolute Gasteiger partial charge is 0.355 e. The van der Waals surface area contributed by atoms with Crippen molar-refractivity contribution in [1.29, 1.82) is 0 Å². The van der Waals surface area contributed by atoms with Gasteiger partial charge in [0.25, 0.3) is 11.8 Å². The highest BCUT2D eigenvalue weighted by Gasteiger charge is 2.38. The first kappa shape index (κ1) is 22.1. The van der Waals surface area contributed by atoms with Crippen LogP contribution in [0.5, 0.6) is 0 Å². The van der Waals surface area contributed by atoms with Gasteiger partial charge in [-0.05, 0) is 40.8 Å². The van der Waals surface area contributed by atoms with Gasteiger partial charge in [-0.2, -0.15) is 0 Å². The predicted octanol–water partition coefficient (Wildman–Crippen LogP) is -0.304. The molecule has 2 N–H and O–H groups in total. The van der Waals surface area contributed by atoms with Crippen LogP contribution in [0.25, 0.3) is 0 Å². The van der Waals surface area contributed by atoms with Gasteiger partial charge < -0.3 is 15.5 Å². The lowest BCUT2D eigenvalue weighted by atomic mass is 10.3. The molecular weight excluding hydrogens is 375 g/mol. The van der Waals surface area contributed by atoms with Crippen LogP contribution in [-0.2, 0) is 19.2 Å². The molecule has 158 valence electrons. The third-order valence-corrected chi connectivity index (χ3v) is 5.44. The van der Waals surface area contributed by atoms with E-state index in [2.05, 4.69) is 34.3 Å². The Kier molecular flexibility index (Phi) is 7.76. The molecular formula is C18H31N5O5. The van der Waals surface area contributed by atoms with Crippen molar-refractivity contribution in [3.8, 4) is 0 Å². The van der Waals surface area contributed by atoms with Crippen LogP contribution in [-0.4, -0.2) is 90.5 Å². The zero-order valence-corrected chi connectivity index (χ0v) is 17.1. The lowest BCUT2D eigenvalue weighted by Crippen LogP contribution is -2.64. The molecule has 2 aliphatic heterocycles. The van der Waals surface area contributed by atoms with E-state index in [0.29, 0.717) is 37.0 Å². The number of hydrogen-bond acceptors (Lipinski definition) is 7. The summed E-state index contributed by atoms with van der Waals surface area (Å²) in [6, 6.07) is 0.340. The number of hydroxylamine groups is 2. The molecule has 10 heteroatoms. The fourth-order valence-corrected chi connectivity index (χ4v) is 3.60. The van der Waals surface area contributed by atoms with Gasteiger partial charge in [-0.25, -0.2) is 4.79 Å². The maximum absolute atomic E-state index is 12.5. The van der Waals surface area contributed by atoms with E-state index in [9.17, 15) is 19.2 Å². The number of imide groups is 1. The molecule has 3 atom stereocenters. The zero-order chi connectivity index (χ0) is 20.8. The summed E-state index contributed by atoms with van der Waals surface area (Å²) in [7, 11) is 4.01. The number of nitrogens with zero attached hydrogens (tertiary/aromatic N) is 3. The molecule has 3 unspecified atom stereocenters. The number of piperazine rings is 1. The normalized spacial score (nSPS) is 26.4. The topological polar surface area (TPSA) is 111 Å². The molecule has 0 aromatic carbocycles. The summed E-state index contributed by atoms with van der Waals surface area (Å²) in [6.07, 6.45) is 0.613. The number of amides is 4. The highest BCUT2D eigenvalue weighted by Crippen LogP contribution is 2.18. The largest absolute Gasteiger partial charge is 0.432 e. The predicted molar refractivity (Wildman–Crippen MR) is 101 cm³/mol. The van der Waals surface area contributed by atoms with Gasteiger partial charge in [0.15, 0.2) is 0 Å². The van der Waals surface area contributed by atoms with Gasteiger partial charge in [-0.3, -0.25) is 24.2 Å². The average molecular weight is 406 g/mol. The van der Waals surface area contributed by atoms with Gasteiger partial charge >= 0.3 is 6.09 Å². The van der Waals surface area contributed by atoms with Crippen LogP contribution in [0.15, 0.2) is 0 Å². The van der Waals surface area contributed by atoms with Gasteiger partial charge in [0.1, 0.15) is 6.04 Å². The molecule has 0 aromatic heterocycles. The molecule has 0 radical (unpaired) electrons. The number of likely N-dealkylation sites (N-methyl/N-ethyl adjacent to an activating group) is 2. The van der Waals surface area contributed by atoms with Crippen LogP contribution in [0.1, 0.15) is 39.5 Å². The zero-order valence-electron chi connectivity index (χ0n) is 17.1. The Labute approximate surface area is 165 Å². The fraction of sp³-hybridized carbons (Fsp3) is 0.778. The van der Waals surface area contributed by atoms with E-state index in [4.69, 9.17) is 4.84 Å². The summed E-state index contributed by atoms with van der Waals surface area (Å²) < 4.78 is 0. The molecule has 2 aliphatic rings. The van der Waals surface area contributed by atoms with Crippen molar-refractivity contribution < 1.29 is 24.0 Å². The first-order chi connectivity index (χ1) is 13.2. The minimum atomic E-state index is -0.831. The van der Waals surface area contributed by atoms with Crippen LogP contribution in [0.4, 0.5) is 4.79 Å². The number of carbonyl (C=O) groups is 4. The standard InChI is InChI=1S/C18H31N5O5/c1-12-11-21(3)16(13(2)22(12)4)17(26)19-9-5-6-10-20-18(27)28-23-14(24)7-8-15(23)25/h12-13,16H,5-11H2,1-4H3,(H,19,26)(H,20,27)/i1+1,3+1,4+1,11+1,12+1,16+1,19+1,20+1,22+1. The first-order valence-electron chi connectivity index (χ1n) is 9.73. The summed E-state index contributed by atoms with van der Waals surface area (Å²) in [5.74, 6) is -1.01. The Balaban J connectivity index is 1.61. The van der Waals surface area contributed by atoms with Crippen LogP contribution >= 0.6 is 0 Å². The highest BCUT2D eigenvalue weighted by atomic mass is 16.7. The Morgan fingerprint density at radius 3 is 2.21 bits per heavy atom. The second-order valence-corrected chi connectivity index (χ2v) is 7.53. The number of rotatable bonds is 7. The molecule has 28 heavy (non-hydrogen) atoms. The number of unbranched alkanes of at least 4 members (excludes halogenated alkanes) is 1. The first-order valence-corrected chi connectivity index (χ1v) is 9.73. The van der Waals surface area contributed by atoms with E-state index in [-0.39, 0.29) is 30.8 Å². The molecule has 0 aliphatic carbocycles.